The molecule has 0 amide bonds. The van der Waals surface area contributed by atoms with Crippen molar-refractivity contribution >= 4 is 17.0 Å². The van der Waals surface area contributed by atoms with Crippen LogP contribution in [0.15, 0.2) is 48.5 Å². The second-order valence-electron chi connectivity index (χ2n) is 6.68. The lowest BCUT2D eigenvalue weighted by Gasteiger charge is -2.39. The van der Waals surface area contributed by atoms with Crippen molar-refractivity contribution in [3.63, 3.8) is 0 Å². The predicted octanol–water partition coefficient (Wildman–Crippen LogP) is 4.74. The van der Waals surface area contributed by atoms with Crippen LogP contribution in [0.5, 0.6) is 0 Å². The van der Waals surface area contributed by atoms with E-state index in [1.165, 1.54) is 12.1 Å². The summed E-state index contributed by atoms with van der Waals surface area (Å²) in [5.74, 6) is -0.881. The zero-order valence-electron chi connectivity index (χ0n) is 14.4. The molecule has 0 unspecified atom stereocenters. The highest BCUT2D eigenvalue weighted by Gasteiger charge is 2.47. The first-order chi connectivity index (χ1) is 13.0. The smallest absolute Gasteiger partial charge is 0.320 e. The minimum Gasteiger partial charge on any atom is -0.457 e. The van der Waals surface area contributed by atoms with E-state index in [2.05, 4.69) is 4.98 Å². The van der Waals surface area contributed by atoms with E-state index in [9.17, 15) is 18.0 Å². The topological polar surface area (TPSA) is 44.1 Å². The summed E-state index contributed by atoms with van der Waals surface area (Å²) in [6.45, 7) is -3.14. The molecule has 0 spiro atoms. The molecule has 1 heterocycles. The lowest BCUT2D eigenvalue weighted by molar-refractivity contribution is -0.156. The van der Waals surface area contributed by atoms with Crippen LogP contribution in [0.25, 0.3) is 11.0 Å². The van der Waals surface area contributed by atoms with Crippen LogP contribution >= 0.6 is 0 Å². The highest BCUT2D eigenvalue weighted by atomic mass is 19.3. The third-order valence-electron chi connectivity index (χ3n) is 5.19. The monoisotopic (exact) mass is 374 g/mol. The molecule has 4 nitrogen and oxygen atoms in total. The Morgan fingerprint density at radius 2 is 1.85 bits per heavy atom. The predicted molar refractivity (Wildman–Crippen MR) is 92.7 cm³/mol. The zero-order chi connectivity index (χ0) is 19.0. The van der Waals surface area contributed by atoms with Crippen molar-refractivity contribution in [3.8, 4) is 0 Å². The SMILES string of the molecule is O=C(OCc1nc2ccccc2n1C(F)F)C1(c2ccc(F)cc2)CCC1. The van der Waals surface area contributed by atoms with Crippen molar-refractivity contribution in [2.45, 2.75) is 37.8 Å². The first-order valence-corrected chi connectivity index (χ1v) is 8.68. The maximum atomic E-state index is 13.5. The summed E-state index contributed by atoms with van der Waals surface area (Å²) >= 11 is 0. The van der Waals surface area contributed by atoms with Crippen LogP contribution in [0.1, 0.15) is 37.2 Å². The van der Waals surface area contributed by atoms with Crippen molar-refractivity contribution in [2.75, 3.05) is 0 Å². The molecule has 2 aromatic carbocycles. The fraction of sp³-hybridized carbons (Fsp3) is 0.300. The van der Waals surface area contributed by atoms with E-state index in [0.29, 0.717) is 23.9 Å². The highest BCUT2D eigenvalue weighted by Crippen LogP contribution is 2.45. The van der Waals surface area contributed by atoms with Crippen molar-refractivity contribution in [3.05, 3.63) is 65.7 Å². The minimum absolute atomic E-state index is 0.00636. The van der Waals surface area contributed by atoms with Gasteiger partial charge in [0.15, 0.2) is 5.82 Å². The Kier molecular flexibility index (Phi) is 4.37. The van der Waals surface area contributed by atoms with Gasteiger partial charge in [0.1, 0.15) is 12.4 Å². The number of ether oxygens (including phenoxy) is 1. The number of hydrogen-bond acceptors (Lipinski definition) is 3. The molecular weight excluding hydrogens is 357 g/mol. The fourth-order valence-electron chi connectivity index (χ4n) is 3.59. The quantitative estimate of drug-likeness (QED) is 0.606. The number of imidazole rings is 1. The molecule has 1 saturated carbocycles. The minimum atomic E-state index is -2.79. The van der Waals surface area contributed by atoms with Gasteiger partial charge in [0.2, 0.25) is 0 Å². The number of carbonyl (C=O) groups excluding carboxylic acids is 1. The number of rotatable bonds is 5. The van der Waals surface area contributed by atoms with Crippen molar-refractivity contribution in [2.24, 2.45) is 0 Å². The highest BCUT2D eigenvalue weighted by molar-refractivity contribution is 5.84. The van der Waals surface area contributed by atoms with Crippen LogP contribution in [0, 0.1) is 5.82 Å². The van der Waals surface area contributed by atoms with Gasteiger partial charge in [-0.15, -0.1) is 0 Å². The van der Waals surface area contributed by atoms with E-state index in [1.807, 2.05) is 0 Å². The fourth-order valence-corrected chi connectivity index (χ4v) is 3.59. The summed E-state index contributed by atoms with van der Waals surface area (Å²) in [6, 6.07) is 12.3. The largest absolute Gasteiger partial charge is 0.457 e. The summed E-state index contributed by atoms with van der Waals surface area (Å²) in [6.07, 6.45) is 2.02. The molecule has 4 rings (SSSR count). The lowest BCUT2D eigenvalue weighted by Crippen LogP contribution is -2.43. The molecule has 1 aliphatic carbocycles. The molecule has 0 aliphatic heterocycles. The van der Waals surface area contributed by atoms with Crippen molar-refractivity contribution in [1.82, 2.24) is 9.55 Å². The third-order valence-corrected chi connectivity index (χ3v) is 5.19. The second-order valence-corrected chi connectivity index (χ2v) is 6.68. The number of aromatic nitrogens is 2. The molecule has 3 aromatic rings. The van der Waals surface area contributed by atoms with Crippen LogP contribution in [-0.4, -0.2) is 15.5 Å². The van der Waals surface area contributed by atoms with Crippen LogP contribution in [0.3, 0.4) is 0 Å². The van der Waals surface area contributed by atoms with E-state index in [1.54, 1.807) is 36.4 Å². The summed E-state index contributed by atoms with van der Waals surface area (Å²) < 4.78 is 46.3. The van der Waals surface area contributed by atoms with Gasteiger partial charge in [0, 0.05) is 0 Å². The Balaban J connectivity index is 1.58. The van der Waals surface area contributed by atoms with Gasteiger partial charge in [0.25, 0.3) is 0 Å². The second kappa shape index (κ2) is 6.72. The van der Waals surface area contributed by atoms with Crippen LogP contribution in [-0.2, 0) is 21.6 Å². The first-order valence-electron chi connectivity index (χ1n) is 8.68. The van der Waals surface area contributed by atoms with Crippen LogP contribution < -0.4 is 0 Å². The number of nitrogens with zero attached hydrogens (tertiary/aromatic N) is 2. The van der Waals surface area contributed by atoms with Gasteiger partial charge in [-0.3, -0.25) is 9.36 Å². The van der Waals surface area contributed by atoms with E-state index in [4.69, 9.17) is 4.74 Å². The molecule has 1 fully saturated rings. The third kappa shape index (κ3) is 2.97. The van der Waals surface area contributed by atoms with Crippen molar-refractivity contribution < 1.29 is 22.7 Å². The number of alkyl halides is 2. The molecular formula is C20H17F3N2O2. The maximum Gasteiger partial charge on any atom is 0.320 e. The summed E-state index contributed by atoms with van der Waals surface area (Å²) in [4.78, 5) is 16.9. The molecule has 0 radical (unpaired) electrons. The van der Waals surface area contributed by atoms with E-state index >= 15 is 0 Å². The molecule has 1 aliphatic rings. The molecule has 140 valence electrons. The number of fused-ring (bicyclic) bond motifs is 1. The van der Waals surface area contributed by atoms with Crippen molar-refractivity contribution in [1.29, 1.82) is 0 Å². The summed E-state index contributed by atoms with van der Waals surface area (Å²) in [5.41, 5.74) is 0.550. The molecule has 0 atom stereocenters. The van der Waals surface area contributed by atoms with Gasteiger partial charge < -0.3 is 4.74 Å². The normalized spacial score (nSPS) is 15.7. The van der Waals surface area contributed by atoms with Gasteiger partial charge >= 0.3 is 12.5 Å². The van der Waals surface area contributed by atoms with Gasteiger partial charge in [-0.25, -0.2) is 9.37 Å². The number of halogens is 3. The number of benzene rings is 2. The number of carbonyl (C=O) groups is 1. The first kappa shape index (κ1) is 17.6. The molecule has 0 saturated heterocycles. The Bertz CT molecular complexity index is 979. The Labute approximate surface area is 153 Å². The standard InChI is InChI=1S/C20H17F3N2O2/c21-14-8-6-13(7-9-14)20(10-3-11-20)18(26)27-12-17-24-15-4-1-2-5-16(15)25(17)19(22)23/h1-2,4-9,19H,3,10-12H2. The van der Waals surface area contributed by atoms with Gasteiger partial charge in [-0.1, -0.05) is 30.7 Å². The Morgan fingerprint density at radius 1 is 1.15 bits per heavy atom. The average Bonchev–Trinajstić information content (AvgIpc) is 2.99. The molecule has 7 heteroatoms. The number of para-hydroxylation sites is 2. The number of hydrogen-bond donors (Lipinski definition) is 0. The van der Waals surface area contributed by atoms with Crippen LogP contribution in [0.2, 0.25) is 0 Å². The van der Waals surface area contributed by atoms with Crippen LogP contribution in [0.4, 0.5) is 13.2 Å². The average molecular weight is 374 g/mol. The Morgan fingerprint density at radius 3 is 2.48 bits per heavy atom. The summed E-state index contributed by atoms with van der Waals surface area (Å²) in [5, 5.41) is 0. The lowest BCUT2D eigenvalue weighted by atomic mass is 9.64. The van der Waals surface area contributed by atoms with Gasteiger partial charge in [-0.05, 0) is 42.7 Å². The molecule has 27 heavy (non-hydrogen) atoms. The molecule has 1 aromatic heterocycles. The molecule has 0 N–H and O–H groups in total. The zero-order valence-corrected chi connectivity index (χ0v) is 14.4. The van der Waals surface area contributed by atoms with E-state index < -0.39 is 17.9 Å². The molecule has 0 bridgehead atoms. The number of esters is 1. The summed E-state index contributed by atoms with van der Waals surface area (Å²) in [7, 11) is 0. The van der Waals surface area contributed by atoms with Gasteiger partial charge in [0.05, 0.1) is 16.4 Å². The van der Waals surface area contributed by atoms with E-state index in [0.717, 1.165) is 11.0 Å². The Hall–Kier alpha value is -2.83. The maximum absolute atomic E-state index is 13.5. The van der Waals surface area contributed by atoms with Gasteiger partial charge in [-0.2, -0.15) is 8.78 Å². The van der Waals surface area contributed by atoms with E-state index in [-0.39, 0.29) is 23.8 Å².